The van der Waals surface area contributed by atoms with E-state index in [-0.39, 0.29) is 11.8 Å². The highest BCUT2D eigenvalue weighted by atomic mass is 16.3. The van der Waals surface area contributed by atoms with Crippen LogP contribution in [0.2, 0.25) is 0 Å². The molecule has 3 N–H and O–H groups in total. The van der Waals surface area contributed by atoms with Crippen LogP contribution in [0.3, 0.4) is 0 Å². The van der Waals surface area contributed by atoms with Gasteiger partial charge in [0.25, 0.3) is 0 Å². The summed E-state index contributed by atoms with van der Waals surface area (Å²) >= 11 is 0. The highest BCUT2D eigenvalue weighted by Gasteiger charge is 2.57. The summed E-state index contributed by atoms with van der Waals surface area (Å²) in [4.78, 5) is 26.3. The highest BCUT2D eigenvalue weighted by molar-refractivity contribution is 5.97. The number of amides is 2. The molecule has 0 radical (unpaired) electrons. The van der Waals surface area contributed by atoms with Gasteiger partial charge in [0.05, 0.1) is 6.10 Å². The van der Waals surface area contributed by atoms with E-state index in [4.69, 9.17) is 0 Å². The van der Waals surface area contributed by atoms with Crippen molar-refractivity contribution in [3.63, 3.8) is 0 Å². The first-order valence-electron chi connectivity index (χ1n) is 8.05. The van der Waals surface area contributed by atoms with E-state index in [0.717, 1.165) is 32.2 Å². The fraction of sp³-hybridized carbons (Fsp3) is 0.867. The van der Waals surface area contributed by atoms with Gasteiger partial charge >= 0.3 is 0 Å². The first-order chi connectivity index (χ1) is 10.0. The standard InChI is InChI=1S/C15H25N3O3/c1-10(19)12(13(20)16-8-11-4-2-5-11)18-9-15(14(18)21)6-3-7-17-15/h10-12,17,19H,2-9H2,1H3,(H,16,20). The van der Waals surface area contributed by atoms with Crippen LogP contribution in [-0.4, -0.2) is 59.1 Å². The molecular formula is C15H25N3O3. The van der Waals surface area contributed by atoms with Crippen molar-refractivity contribution in [3.8, 4) is 0 Å². The maximum absolute atomic E-state index is 12.4. The predicted molar refractivity (Wildman–Crippen MR) is 77.5 cm³/mol. The van der Waals surface area contributed by atoms with Gasteiger partial charge in [-0.2, -0.15) is 0 Å². The molecule has 2 heterocycles. The number of nitrogens with one attached hydrogen (secondary N) is 2. The van der Waals surface area contributed by atoms with Crippen molar-refractivity contribution in [2.45, 2.75) is 56.7 Å². The van der Waals surface area contributed by atoms with Gasteiger partial charge in [-0.1, -0.05) is 6.42 Å². The van der Waals surface area contributed by atoms with Crippen LogP contribution >= 0.6 is 0 Å². The van der Waals surface area contributed by atoms with Gasteiger partial charge in [-0.25, -0.2) is 0 Å². The molecule has 1 saturated carbocycles. The molecule has 3 unspecified atom stereocenters. The summed E-state index contributed by atoms with van der Waals surface area (Å²) in [5.74, 6) is 0.307. The van der Waals surface area contributed by atoms with E-state index in [1.807, 2.05) is 0 Å². The summed E-state index contributed by atoms with van der Waals surface area (Å²) in [5, 5.41) is 16.1. The Morgan fingerprint density at radius 1 is 1.52 bits per heavy atom. The zero-order valence-electron chi connectivity index (χ0n) is 12.6. The lowest BCUT2D eigenvalue weighted by Crippen LogP contribution is -2.76. The third-order valence-corrected chi connectivity index (χ3v) is 5.21. The lowest BCUT2D eigenvalue weighted by molar-refractivity contribution is -0.164. The Balaban J connectivity index is 1.59. The molecule has 2 amide bonds. The molecule has 6 heteroatoms. The molecule has 3 aliphatic rings. The second-order valence-electron chi connectivity index (χ2n) is 6.77. The number of hydrogen-bond acceptors (Lipinski definition) is 4. The van der Waals surface area contributed by atoms with Gasteiger partial charge in [0.15, 0.2) is 0 Å². The molecule has 3 fully saturated rings. The number of β-lactam (4-membered cyclic amide) rings is 1. The van der Waals surface area contributed by atoms with Crippen molar-refractivity contribution in [3.05, 3.63) is 0 Å². The number of aliphatic hydroxyl groups excluding tert-OH is 1. The lowest BCUT2D eigenvalue weighted by Gasteiger charge is -2.50. The van der Waals surface area contributed by atoms with Crippen molar-refractivity contribution >= 4 is 11.8 Å². The minimum Gasteiger partial charge on any atom is -0.391 e. The fourth-order valence-corrected chi connectivity index (χ4v) is 3.63. The Morgan fingerprint density at radius 3 is 2.76 bits per heavy atom. The summed E-state index contributed by atoms with van der Waals surface area (Å²) in [6, 6.07) is -0.759. The highest BCUT2D eigenvalue weighted by Crippen LogP contribution is 2.33. The van der Waals surface area contributed by atoms with Crippen molar-refractivity contribution in [2.75, 3.05) is 19.6 Å². The van der Waals surface area contributed by atoms with E-state index in [2.05, 4.69) is 10.6 Å². The molecular weight excluding hydrogens is 270 g/mol. The molecule has 118 valence electrons. The van der Waals surface area contributed by atoms with E-state index in [1.54, 1.807) is 6.92 Å². The minimum absolute atomic E-state index is 0.0373. The van der Waals surface area contributed by atoms with Gasteiger partial charge < -0.3 is 20.6 Å². The first kappa shape index (κ1) is 14.8. The third kappa shape index (κ3) is 2.55. The van der Waals surface area contributed by atoms with Gasteiger partial charge in [-0.3, -0.25) is 9.59 Å². The Labute approximate surface area is 125 Å². The summed E-state index contributed by atoms with van der Waals surface area (Å²) in [6.45, 7) is 3.62. The normalized spacial score (nSPS) is 31.7. The van der Waals surface area contributed by atoms with Crippen LogP contribution in [0.15, 0.2) is 0 Å². The molecule has 0 bridgehead atoms. The van der Waals surface area contributed by atoms with Gasteiger partial charge in [0.2, 0.25) is 11.8 Å². The van der Waals surface area contributed by atoms with Crippen LogP contribution < -0.4 is 10.6 Å². The molecule has 0 aromatic heterocycles. The van der Waals surface area contributed by atoms with Gasteiger partial charge in [-0.05, 0) is 45.1 Å². The van der Waals surface area contributed by atoms with Crippen LogP contribution in [0.4, 0.5) is 0 Å². The van der Waals surface area contributed by atoms with Gasteiger partial charge in [0.1, 0.15) is 11.6 Å². The molecule has 3 rings (SSSR count). The quantitative estimate of drug-likeness (QED) is 0.604. The van der Waals surface area contributed by atoms with Crippen LogP contribution in [0.5, 0.6) is 0 Å². The topological polar surface area (TPSA) is 81.7 Å². The average Bonchev–Trinajstić information content (AvgIpc) is 2.87. The van der Waals surface area contributed by atoms with E-state index in [9.17, 15) is 14.7 Å². The van der Waals surface area contributed by atoms with Crippen molar-refractivity contribution in [2.24, 2.45) is 5.92 Å². The van der Waals surface area contributed by atoms with E-state index in [0.29, 0.717) is 19.0 Å². The summed E-state index contributed by atoms with van der Waals surface area (Å²) < 4.78 is 0. The Bertz CT molecular complexity index is 428. The summed E-state index contributed by atoms with van der Waals surface area (Å²) in [7, 11) is 0. The van der Waals surface area contributed by atoms with Crippen LogP contribution in [0.1, 0.15) is 39.0 Å². The lowest BCUT2D eigenvalue weighted by atomic mass is 9.84. The maximum atomic E-state index is 12.4. The van der Waals surface area contributed by atoms with Crippen LogP contribution in [0.25, 0.3) is 0 Å². The van der Waals surface area contributed by atoms with Gasteiger partial charge in [0, 0.05) is 13.1 Å². The predicted octanol–water partition coefficient (Wildman–Crippen LogP) is -0.383. The third-order valence-electron chi connectivity index (χ3n) is 5.21. The molecule has 3 atom stereocenters. The number of carbonyl (C=O) groups is 2. The van der Waals surface area contributed by atoms with Gasteiger partial charge in [-0.15, -0.1) is 0 Å². The van der Waals surface area contributed by atoms with E-state index < -0.39 is 17.7 Å². The minimum atomic E-state index is -0.853. The molecule has 2 saturated heterocycles. The maximum Gasteiger partial charge on any atom is 0.245 e. The van der Waals surface area contributed by atoms with E-state index in [1.165, 1.54) is 11.3 Å². The monoisotopic (exact) mass is 295 g/mol. The summed E-state index contributed by atoms with van der Waals surface area (Å²) in [6.07, 6.45) is 4.53. The number of nitrogens with zero attached hydrogens (tertiary/aromatic N) is 1. The second kappa shape index (κ2) is 5.57. The average molecular weight is 295 g/mol. The first-order valence-corrected chi connectivity index (χ1v) is 8.05. The molecule has 1 aliphatic carbocycles. The Kier molecular flexibility index (Phi) is 3.92. The number of aliphatic hydroxyl groups is 1. The fourth-order valence-electron chi connectivity index (χ4n) is 3.63. The zero-order valence-corrected chi connectivity index (χ0v) is 12.6. The largest absolute Gasteiger partial charge is 0.391 e. The van der Waals surface area contributed by atoms with Crippen LogP contribution in [0, 0.1) is 5.92 Å². The molecule has 0 aromatic carbocycles. The summed E-state index contributed by atoms with van der Waals surface area (Å²) in [5.41, 5.74) is -0.457. The van der Waals surface area contributed by atoms with Crippen molar-refractivity contribution in [1.82, 2.24) is 15.5 Å². The molecule has 1 spiro atoms. The molecule has 21 heavy (non-hydrogen) atoms. The van der Waals surface area contributed by atoms with E-state index >= 15 is 0 Å². The molecule has 0 aromatic rings. The van der Waals surface area contributed by atoms with Crippen molar-refractivity contribution in [1.29, 1.82) is 0 Å². The zero-order chi connectivity index (χ0) is 15.0. The SMILES string of the molecule is CC(O)C(C(=O)NCC1CCC1)N1CC2(CCCN2)C1=O. The number of rotatable bonds is 5. The van der Waals surface area contributed by atoms with Crippen LogP contribution in [-0.2, 0) is 9.59 Å². The Morgan fingerprint density at radius 2 is 2.29 bits per heavy atom. The molecule has 6 nitrogen and oxygen atoms in total. The number of hydrogen-bond donors (Lipinski definition) is 3. The smallest absolute Gasteiger partial charge is 0.245 e. The Hall–Kier alpha value is -1.14. The second-order valence-corrected chi connectivity index (χ2v) is 6.77. The molecule has 2 aliphatic heterocycles. The number of likely N-dealkylation sites (tertiary alicyclic amines) is 1. The number of carbonyl (C=O) groups excluding carboxylic acids is 2. The van der Waals surface area contributed by atoms with Crippen molar-refractivity contribution < 1.29 is 14.7 Å².